The molecule has 2 aromatic heterocycles. The van der Waals surface area contributed by atoms with Gasteiger partial charge in [-0.1, -0.05) is 0 Å². The number of aromatic nitrogens is 3. The van der Waals surface area contributed by atoms with Gasteiger partial charge in [0.25, 0.3) is 5.56 Å². The maximum Gasteiger partial charge on any atom is 0.275 e. The zero-order chi connectivity index (χ0) is 8.72. The van der Waals surface area contributed by atoms with E-state index < -0.39 is 0 Å². The Balaban J connectivity index is 3.05. The highest BCUT2D eigenvalue weighted by molar-refractivity contribution is 5.78. The molecule has 0 aromatic carbocycles. The average molecular weight is 163 g/mol. The van der Waals surface area contributed by atoms with Crippen molar-refractivity contribution in [3.05, 3.63) is 27.9 Å². The van der Waals surface area contributed by atoms with Gasteiger partial charge >= 0.3 is 0 Å². The fraction of sp³-hybridized carbons (Fsp3) is 0.250. The van der Waals surface area contributed by atoms with E-state index >= 15 is 0 Å². The van der Waals surface area contributed by atoms with Gasteiger partial charge in [-0.2, -0.15) is 0 Å². The van der Waals surface area contributed by atoms with E-state index in [4.69, 9.17) is 0 Å². The van der Waals surface area contributed by atoms with Gasteiger partial charge in [0.15, 0.2) is 0 Å². The molecule has 0 aliphatic carbocycles. The second-order valence-electron chi connectivity index (χ2n) is 2.83. The summed E-state index contributed by atoms with van der Waals surface area (Å²) in [4.78, 5) is 20.8. The van der Waals surface area contributed by atoms with Gasteiger partial charge in [-0.25, -0.2) is 4.98 Å². The third-order valence-electron chi connectivity index (χ3n) is 2.08. The van der Waals surface area contributed by atoms with Gasteiger partial charge in [-0.15, -0.1) is 0 Å². The number of nitrogens with one attached hydrogen (secondary N) is 2. The molecular formula is C8H9N3O. The van der Waals surface area contributed by atoms with Gasteiger partial charge in [-0.3, -0.25) is 4.79 Å². The number of nitrogens with zero attached hydrogens (tertiary/aromatic N) is 1. The van der Waals surface area contributed by atoms with Crippen LogP contribution in [-0.4, -0.2) is 15.0 Å². The monoisotopic (exact) mass is 163 g/mol. The van der Waals surface area contributed by atoms with E-state index in [9.17, 15) is 4.79 Å². The first-order valence-electron chi connectivity index (χ1n) is 3.72. The predicted octanol–water partition coefficient (Wildman–Crippen LogP) is 0.868. The van der Waals surface area contributed by atoms with Crippen LogP contribution in [0.25, 0.3) is 11.0 Å². The van der Waals surface area contributed by atoms with Crippen molar-refractivity contribution in [3.8, 4) is 0 Å². The molecule has 4 nitrogen and oxygen atoms in total. The lowest BCUT2D eigenvalue weighted by Gasteiger charge is -1.87. The predicted molar refractivity (Wildman–Crippen MR) is 46.2 cm³/mol. The van der Waals surface area contributed by atoms with Crippen LogP contribution in [0, 0.1) is 13.8 Å². The summed E-state index contributed by atoms with van der Waals surface area (Å²) in [5, 5.41) is 0. The highest BCUT2D eigenvalue weighted by Gasteiger charge is 2.06. The van der Waals surface area contributed by atoms with Crippen molar-refractivity contribution in [1.82, 2.24) is 15.0 Å². The molecule has 2 N–H and O–H groups in total. The Bertz CT molecular complexity index is 480. The molecule has 0 saturated heterocycles. The molecule has 0 radical (unpaired) electrons. The van der Waals surface area contributed by atoms with E-state index in [1.54, 1.807) is 0 Å². The minimum absolute atomic E-state index is 0.115. The largest absolute Gasteiger partial charge is 0.353 e. The standard InChI is InChI=1S/C8H9N3O/c1-4-5(2)11-7-6(4)9-3-10-8(7)12/h3,11H,1-2H3,(H,9,10,12). The van der Waals surface area contributed by atoms with Crippen molar-refractivity contribution in [1.29, 1.82) is 0 Å². The first kappa shape index (κ1) is 7.09. The molecule has 4 heteroatoms. The third kappa shape index (κ3) is 0.777. The van der Waals surface area contributed by atoms with Crippen LogP contribution in [0.15, 0.2) is 11.1 Å². The number of H-pyrrole nitrogens is 2. The number of hydrogen-bond acceptors (Lipinski definition) is 2. The van der Waals surface area contributed by atoms with Gasteiger partial charge in [0, 0.05) is 5.69 Å². The van der Waals surface area contributed by atoms with Crippen LogP contribution in [0.2, 0.25) is 0 Å². The van der Waals surface area contributed by atoms with Gasteiger partial charge in [-0.05, 0) is 19.4 Å². The first-order chi connectivity index (χ1) is 5.70. The molecule has 62 valence electrons. The zero-order valence-corrected chi connectivity index (χ0v) is 6.93. The van der Waals surface area contributed by atoms with E-state index in [0.717, 1.165) is 16.8 Å². The summed E-state index contributed by atoms with van der Waals surface area (Å²) in [5.41, 5.74) is 3.24. The summed E-state index contributed by atoms with van der Waals surface area (Å²) in [7, 11) is 0. The Labute approximate surface area is 68.7 Å². The molecule has 0 amide bonds. The van der Waals surface area contributed by atoms with Crippen LogP contribution in [0.1, 0.15) is 11.3 Å². The van der Waals surface area contributed by atoms with Gasteiger partial charge in [0.05, 0.1) is 11.8 Å². The number of fused-ring (bicyclic) bond motifs is 1. The molecule has 0 bridgehead atoms. The number of rotatable bonds is 0. The summed E-state index contributed by atoms with van der Waals surface area (Å²) in [6, 6.07) is 0. The quantitative estimate of drug-likeness (QED) is 0.605. The van der Waals surface area contributed by atoms with Crippen molar-refractivity contribution in [2.75, 3.05) is 0 Å². The van der Waals surface area contributed by atoms with Crippen LogP contribution in [0.4, 0.5) is 0 Å². The Kier molecular flexibility index (Phi) is 1.30. The lowest BCUT2D eigenvalue weighted by atomic mass is 10.2. The molecule has 12 heavy (non-hydrogen) atoms. The Hall–Kier alpha value is -1.58. The van der Waals surface area contributed by atoms with E-state index in [2.05, 4.69) is 15.0 Å². The molecule has 0 spiro atoms. The van der Waals surface area contributed by atoms with Crippen LogP contribution in [-0.2, 0) is 0 Å². The molecule has 2 aromatic rings. The number of aryl methyl sites for hydroxylation is 2. The van der Waals surface area contributed by atoms with Crippen LogP contribution >= 0.6 is 0 Å². The van der Waals surface area contributed by atoms with Crippen LogP contribution in [0.5, 0.6) is 0 Å². The Morgan fingerprint density at radius 3 is 2.83 bits per heavy atom. The Morgan fingerprint density at radius 2 is 2.17 bits per heavy atom. The van der Waals surface area contributed by atoms with E-state index in [1.807, 2.05) is 13.8 Å². The number of aromatic amines is 2. The lowest BCUT2D eigenvalue weighted by molar-refractivity contribution is 1.16. The normalized spacial score (nSPS) is 10.8. The maximum absolute atomic E-state index is 11.2. The summed E-state index contributed by atoms with van der Waals surface area (Å²) < 4.78 is 0. The second-order valence-corrected chi connectivity index (χ2v) is 2.83. The van der Waals surface area contributed by atoms with Crippen LogP contribution < -0.4 is 5.56 Å². The van der Waals surface area contributed by atoms with Crippen molar-refractivity contribution in [2.45, 2.75) is 13.8 Å². The second kappa shape index (κ2) is 2.20. The minimum atomic E-state index is -0.115. The van der Waals surface area contributed by atoms with Crippen molar-refractivity contribution in [3.63, 3.8) is 0 Å². The summed E-state index contributed by atoms with van der Waals surface area (Å²) >= 11 is 0. The van der Waals surface area contributed by atoms with Gasteiger partial charge < -0.3 is 9.97 Å². The lowest BCUT2D eigenvalue weighted by Crippen LogP contribution is -2.05. The summed E-state index contributed by atoms with van der Waals surface area (Å²) in [6.07, 6.45) is 1.42. The molecule has 0 atom stereocenters. The first-order valence-corrected chi connectivity index (χ1v) is 3.72. The summed E-state index contributed by atoms with van der Waals surface area (Å²) in [6.45, 7) is 3.87. The molecule has 0 unspecified atom stereocenters. The third-order valence-corrected chi connectivity index (χ3v) is 2.08. The SMILES string of the molecule is Cc1[nH]c2c(=O)[nH]cnc2c1C. The van der Waals surface area contributed by atoms with Gasteiger partial charge in [0.2, 0.25) is 0 Å². The van der Waals surface area contributed by atoms with E-state index in [1.165, 1.54) is 6.33 Å². The summed E-state index contributed by atoms with van der Waals surface area (Å²) in [5.74, 6) is 0. The smallest absolute Gasteiger partial charge is 0.275 e. The highest BCUT2D eigenvalue weighted by atomic mass is 16.1. The molecule has 0 aliphatic heterocycles. The van der Waals surface area contributed by atoms with Crippen molar-refractivity contribution >= 4 is 11.0 Å². The zero-order valence-electron chi connectivity index (χ0n) is 6.93. The van der Waals surface area contributed by atoms with Gasteiger partial charge in [0.1, 0.15) is 5.52 Å². The number of hydrogen-bond donors (Lipinski definition) is 2. The topological polar surface area (TPSA) is 61.5 Å². The molecule has 0 saturated carbocycles. The van der Waals surface area contributed by atoms with Crippen molar-refractivity contribution < 1.29 is 0 Å². The molecule has 0 fully saturated rings. The van der Waals surface area contributed by atoms with Crippen molar-refractivity contribution in [2.24, 2.45) is 0 Å². The average Bonchev–Trinajstić information content (AvgIpc) is 2.32. The molecule has 2 rings (SSSR count). The molecule has 2 heterocycles. The van der Waals surface area contributed by atoms with E-state index in [0.29, 0.717) is 5.52 Å². The van der Waals surface area contributed by atoms with Crippen LogP contribution in [0.3, 0.4) is 0 Å². The fourth-order valence-electron chi connectivity index (χ4n) is 1.26. The molecule has 0 aliphatic rings. The minimum Gasteiger partial charge on any atom is -0.353 e. The highest BCUT2D eigenvalue weighted by Crippen LogP contribution is 2.14. The molecular weight excluding hydrogens is 154 g/mol. The maximum atomic E-state index is 11.2. The Morgan fingerprint density at radius 1 is 1.42 bits per heavy atom. The van der Waals surface area contributed by atoms with E-state index in [-0.39, 0.29) is 5.56 Å². The fourth-order valence-corrected chi connectivity index (χ4v) is 1.26.